The van der Waals surface area contributed by atoms with Gasteiger partial charge in [0, 0.05) is 0 Å². The zero-order valence-corrected chi connectivity index (χ0v) is 12.8. The third kappa shape index (κ3) is 5.64. The third-order valence-electron chi connectivity index (χ3n) is 4.04. The van der Waals surface area contributed by atoms with Crippen molar-refractivity contribution in [2.45, 2.75) is 54.4 Å². The highest BCUT2D eigenvalue weighted by molar-refractivity contribution is 5.26. The Bertz CT molecular complexity index is 296. The maximum absolute atomic E-state index is 8.35. The Morgan fingerprint density at radius 2 is 1.67 bits per heavy atom. The van der Waals surface area contributed by atoms with Crippen LogP contribution in [0.15, 0.2) is 11.6 Å². The van der Waals surface area contributed by atoms with E-state index in [2.05, 4.69) is 47.6 Å². The average molecular weight is 251 g/mol. The lowest BCUT2D eigenvalue weighted by molar-refractivity contribution is 0.259. The molecule has 2 nitrogen and oxygen atoms in total. The van der Waals surface area contributed by atoms with Gasteiger partial charge in [-0.05, 0) is 42.4 Å². The minimum absolute atomic E-state index is 0.743. The zero-order valence-electron chi connectivity index (χ0n) is 12.8. The van der Waals surface area contributed by atoms with E-state index in [-0.39, 0.29) is 0 Å². The number of allylic oxidation sites excluding steroid dienone is 2. The molecule has 0 aromatic rings. The molecule has 0 heterocycles. The number of nitrogens with one attached hydrogen (secondary N) is 1. The van der Waals surface area contributed by atoms with Gasteiger partial charge < -0.3 is 0 Å². The first-order chi connectivity index (χ1) is 8.33. The lowest BCUT2D eigenvalue weighted by atomic mass is 9.71. The van der Waals surface area contributed by atoms with Gasteiger partial charge >= 0.3 is 0 Å². The van der Waals surface area contributed by atoms with E-state index in [4.69, 9.17) is 10.2 Å². The summed E-state index contributed by atoms with van der Waals surface area (Å²) in [6.45, 7) is 14.2. The molecule has 0 aromatic carbocycles. The molecular weight excluding hydrogens is 222 g/mol. The Kier molecular flexibility index (Phi) is 7.86. The molecule has 18 heavy (non-hydrogen) atoms. The summed E-state index contributed by atoms with van der Waals surface area (Å²) in [6, 6.07) is 0. The lowest BCUT2D eigenvalue weighted by Gasteiger charge is -2.34. The van der Waals surface area contributed by atoms with Crippen LogP contribution in [0.4, 0.5) is 0 Å². The fourth-order valence-electron chi connectivity index (χ4n) is 2.55. The largest absolute Gasteiger partial charge is 0.231 e. The Balaban J connectivity index is 0.000000873. The fraction of sp³-hybridized carbons (Fsp3) is 0.812. The molecule has 0 spiro atoms. The fourth-order valence-corrected chi connectivity index (χ4v) is 2.55. The molecule has 0 fully saturated rings. The minimum atomic E-state index is 0.743. The predicted octanol–water partition coefficient (Wildman–Crippen LogP) is 4.81. The SMILES string of the molecule is CC(C)C1=CC(C(C)C)CC(C(C)C)C1.N=C=O. The summed E-state index contributed by atoms with van der Waals surface area (Å²) in [6.07, 6.45) is 6.08. The van der Waals surface area contributed by atoms with Crippen molar-refractivity contribution in [2.75, 3.05) is 0 Å². The summed E-state index contributed by atoms with van der Waals surface area (Å²) >= 11 is 0. The summed E-state index contributed by atoms with van der Waals surface area (Å²) in [5, 5.41) is 5.40. The van der Waals surface area contributed by atoms with Crippen molar-refractivity contribution in [1.29, 1.82) is 5.41 Å². The normalized spacial score (nSPS) is 23.5. The molecule has 0 amide bonds. The van der Waals surface area contributed by atoms with Crippen LogP contribution in [0.2, 0.25) is 0 Å². The molecule has 2 heteroatoms. The van der Waals surface area contributed by atoms with Crippen molar-refractivity contribution in [1.82, 2.24) is 0 Å². The second kappa shape index (κ2) is 8.26. The van der Waals surface area contributed by atoms with Crippen LogP contribution >= 0.6 is 0 Å². The lowest BCUT2D eigenvalue weighted by Crippen LogP contribution is -2.23. The van der Waals surface area contributed by atoms with Gasteiger partial charge in [-0.15, -0.1) is 0 Å². The highest BCUT2D eigenvalue weighted by Gasteiger charge is 2.26. The van der Waals surface area contributed by atoms with Crippen LogP contribution in [0, 0.1) is 35.0 Å². The maximum Gasteiger partial charge on any atom is 0.231 e. The molecule has 104 valence electrons. The van der Waals surface area contributed by atoms with Crippen LogP contribution in [0.25, 0.3) is 0 Å². The van der Waals surface area contributed by atoms with Crippen molar-refractivity contribution in [3.8, 4) is 0 Å². The molecule has 0 aliphatic heterocycles. The molecule has 0 saturated heterocycles. The van der Waals surface area contributed by atoms with Gasteiger partial charge in [-0.2, -0.15) is 0 Å². The first-order valence-corrected chi connectivity index (χ1v) is 7.07. The van der Waals surface area contributed by atoms with E-state index in [1.165, 1.54) is 12.8 Å². The highest BCUT2D eigenvalue weighted by Crippen LogP contribution is 2.38. The molecule has 1 rings (SSSR count). The van der Waals surface area contributed by atoms with E-state index in [0.29, 0.717) is 0 Å². The van der Waals surface area contributed by atoms with E-state index in [1.807, 2.05) is 0 Å². The topological polar surface area (TPSA) is 40.9 Å². The molecular formula is C16H29NO. The Hall–Kier alpha value is -0.880. The summed E-state index contributed by atoms with van der Waals surface area (Å²) in [7, 11) is 0. The monoisotopic (exact) mass is 251 g/mol. The standard InChI is InChI=1S/C15H28.CHNO/c1-10(2)13-7-14(11(3)4)9-15(8-13)12(5)6;2-1-3/h7,10-13,15H,8-9H2,1-6H3;2H. The van der Waals surface area contributed by atoms with E-state index in [0.717, 1.165) is 35.7 Å². The molecule has 0 aromatic heterocycles. The smallest absolute Gasteiger partial charge is 0.222 e. The number of isocyanates is 1. The molecule has 0 bridgehead atoms. The van der Waals surface area contributed by atoms with Gasteiger partial charge in [0.05, 0.1) is 0 Å². The van der Waals surface area contributed by atoms with E-state index >= 15 is 0 Å². The van der Waals surface area contributed by atoms with E-state index < -0.39 is 0 Å². The Labute approximate surface area is 112 Å². The van der Waals surface area contributed by atoms with Gasteiger partial charge in [-0.25, -0.2) is 10.2 Å². The van der Waals surface area contributed by atoms with Crippen molar-refractivity contribution < 1.29 is 4.79 Å². The molecule has 1 aliphatic rings. The van der Waals surface area contributed by atoms with Crippen LogP contribution in [0.5, 0.6) is 0 Å². The van der Waals surface area contributed by atoms with Crippen molar-refractivity contribution in [3.05, 3.63) is 11.6 Å². The van der Waals surface area contributed by atoms with Gasteiger partial charge in [0.1, 0.15) is 0 Å². The molecule has 2 unspecified atom stereocenters. The van der Waals surface area contributed by atoms with Crippen LogP contribution < -0.4 is 0 Å². The summed E-state index contributed by atoms with van der Waals surface area (Å²) in [5.41, 5.74) is 1.71. The Morgan fingerprint density at radius 1 is 1.17 bits per heavy atom. The molecule has 0 saturated carbocycles. The van der Waals surface area contributed by atoms with Crippen molar-refractivity contribution in [3.63, 3.8) is 0 Å². The van der Waals surface area contributed by atoms with Gasteiger partial charge in [-0.3, -0.25) is 0 Å². The second-order valence-corrected chi connectivity index (χ2v) is 6.35. The predicted molar refractivity (Wildman–Crippen MR) is 77.2 cm³/mol. The van der Waals surface area contributed by atoms with E-state index in [9.17, 15) is 0 Å². The van der Waals surface area contributed by atoms with Crippen LogP contribution in [-0.4, -0.2) is 6.08 Å². The van der Waals surface area contributed by atoms with Gasteiger partial charge in [-0.1, -0.05) is 53.2 Å². The number of hydrogen-bond acceptors (Lipinski definition) is 2. The van der Waals surface area contributed by atoms with Crippen LogP contribution in [0.1, 0.15) is 54.4 Å². The highest BCUT2D eigenvalue weighted by atomic mass is 16.1. The first-order valence-electron chi connectivity index (χ1n) is 7.07. The average Bonchev–Trinajstić information content (AvgIpc) is 2.29. The van der Waals surface area contributed by atoms with Crippen molar-refractivity contribution >= 4 is 6.08 Å². The number of hydrogen-bond donors (Lipinski definition) is 1. The van der Waals surface area contributed by atoms with Gasteiger partial charge in [0.2, 0.25) is 6.08 Å². The van der Waals surface area contributed by atoms with Gasteiger partial charge in [0.25, 0.3) is 0 Å². The molecule has 2 atom stereocenters. The molecule has 0 radical (unpaired) electrons. The summed E-state index contributed by atoms with van der Waals surface area (Å²) in [5.74, 6) is 4.13. The quantitative estimate of drug-likeness (QED) is 0.436. The summed E-state index contributed by atoms with van der Waals surface area (Å²) < 4.78 is 0. The molecule has 1 aliphatic carbocycles. The molecule has 1 N–H and O–H groups in total. The van der Waals surface area contributed by atoms with Crippen LogP contribution in [-0.2, 0) is 4.79 Å². The third-order valence-corrected chi connectivity index (χ3v) is 4.04. The summed E-state index contributed by atoms with van der Waals surface area (Å²) in [4.78, 5) is 8.35. The number of carbonyl (C=O) groups excluding carboxylic acids is 1. The Morgan fingerprint density at radius 3 is 2.00 bits per heavy atom. The van der Waals surface area contributed by atoms with E-state index in [1.54, 1.807) is 5.57 Å². The first kappa shape index (κ1) is 17.1. The number of rotatable bonds is 3. The van der Waals surface area contributed by atoms with Gasteiger partial charge in [0.15, 0.2) is 0 Å². The second-order valence-electron chi connectivity index (χ2n) is 6.35. The zero-order chi connectivity index (χ0) is 14.3. The minimum Gasteiger partial charge on any atom is -0.222 e. The van der Waals surface area contributed by atoms with Crippen LogP contribution in [0.3, 0.4) is 0 Å². The van der Waals surface area contributed by atoms with Crippen molar-refractivity contribution in [2.24, 2.45) is 29.6 Å². The maximum atomic E-state index is 8.35.